The molecule has 0 rings (SSSR count). The summed E-state index contributed by atoms with van der Waals surface area (Å²) < 4.78 is 0. The number of likely N-dealkylation sites (N-methyl/N-ethyl adjacent to an activating group) is 2. The van der Waals surface area contributed by atoms with E-state index in [1.165, 1.54) is 0 Å². The van der Waals surface area contributed by atoms with Crippen molar-refractivity contribution in [2.75, 3.05) is 66.0 Å². The maximum absolute atomic E-state index is 11.3. The number of rotatable bonds is 19. The Hall–Kier alpha value is -0.646. The molecular weight excluding hydrogens is 654 g/mol. The molecule has 14 nitrogen and oxygen atoms in total. The zero-order valence-electron chi connectivity index (χ0n) is 22.4. The van der Waals surface area contributed by atoms with Crippen molar-refractivity contribution < 1.29 is 82.1 Å². The number of carboxylic acids is 2. The van der Waals surface area contributed by atoms with Gasteiger partial charge in [-0.1, -0.05) is 6.92 Å². The number of hydrogen-bond donors (Lipinski definition) is 7. The summed E-state index contributed by atoms with van der Waals surface area (Å²) in [6.45, 7) is 6.67. The first-order chi connectivity index (χ1) is 16.0. The fourth-order valence-electron chi connectivity index (χ4n) is 2.65. The van der Waals surface area contributed by atoms with Gasteiger partial charge in [-0.2, -0.15) is 0 Å². The predicted molar refractivity (Wildman–Crippen MR) is 134 cm³/mol. The van der Waals surface area contributed by atoms with Gasteiger partial charge < -0.3 is 32.8 Å². The number of aliphatic carboxylic acids is 2. The molecule has 0 heterocycles. The van der Waals surface area contributed by atoms with Gasteiger partial charge in [-0.15, -0.1) is 0 Å². The Morgan fingerprint density at radius 3 is 1.73 bits per heavy atom. The third-order valence-corrected chi connectivity index (χ3v) is 4.54. The van der Waals surface area contributed by atoms with E-state index < -0.39 is 11.9 Å². The molecule has 2 amide bonds. The van der Waals surface area contributed by atoms with Crippen molar-refractivity contribution in [3.05, 3.63) is 14.5 Å². The van der Waals surface area contributed by atoms with E-state index in [0.717, 1.165) is 6.54 Å². The molecule has 0 aliphatic rings. The molecule has 0 aromatic carbocycles. The Morgan fingerprint density at radius 1 is 0.838 bits per heavy atom. The minimum absolute atomic E-state index is 0. The average Bonchev–Trinajstić information content (AvgIpc) is 2.78. The van der Waals surface area contributed by atoms with E-state index in [-0.39, 0.29) is 85.0 Å². The van der Waals surface area contributed by atoms with Crippen molar-refractivity contribution in [2.24, 2.45) is 11.7 Å². The van der Waals surface area contributed by atoms with Crippen molar-refractivity contribution in [3.8, 4) is 0 Å². The van der Waals surface area contributed by atoms with Crippen molar-refractivity contribution >= 4 is 23.8 Å². The molecule has 9 N–H and O–H groups in total. The van der Waals surface area contributed by atoms with Gasteiger partial charge in [0.2, 0.25) is 11.8 Å². The van der Waals surface area contributed by atoms with Crippen molar-refractivity contribution in [3.63, 3.8) is 0 Å². The number of amides is 2. The quantitative estimate of drug-likeness (QED) is 0.0259. The van der Waals surface area contributed by atoms with Crippen LogP contribution in [0, 0.1) is 50.1 Å². The predicted octanol–water partition coefficient (Wildman–Crippen LogP) is -1.93. The Balaban J connectivity index is -0.000000299. The monoisotopic (exact) mass is 700 g/mol. The molecule has 37 heavy (non-hydrogen) atoms. The minimum atomic E-state index is -0.867. The fraction of sp³-hybridized carbons (Fsp3) is 0.714. The molecule has 0 bridgehead atoms. The van der Waals surface area contributed by atoms with E-state index in [1.54, 1.807) is 11.9 Å². The van der Waals surface area contributed by atoms with Crippen LogP contribution in [0.15, 0.2) is 0 Å². The molecule has 0 atom stereocenters. The van der Waals surface area contributed by atoms with Crippen molar-refractivity contribution in [1.82, 2.24) is 30.9 Å². The van der Waals surface area contributed by atoms with Crippen LogP contribution in [-0.2, 0) is 36.2 Å². The molecule has 0 aliphatic carbocycles. The van der Waals surface area contributed by atoms with Gasteiger partial charge in [-0.25, -0.2) is 11.7 Å². The average molecular weight is 700 g/mol. The summed E-state index contributed by atoms with van der Waals surface area (Å²) in [7, 11) is 5.72. The maximum atomic E-state index is 11.3. The second-order valence-electron chi connectivity index (χ2n) is 7.61. The van der Waals surface area contributed by atoms with E-state index in [0.29, 0.717) is 65.0 Å². The number of nitrogens with one attached hydrogen (secondary N) is 3. The zero-order chi connectivity index (χ0) is 26.4. The van der Waals surface area contributed by atoms with Crippen LogP contribution in [-0.4, -0.2) is 115 Å². The van der Waals surface area contributed by atoms with E-state index >= 15 is 0 Å². The molecule has 0 fully saturated rings. The number of hydrogen-bond acceptors (Lipinski definition) is 10. The topological polar surface area (TPSA) is 207 Å². The van der Waals surface area contributed by atoms with Gasteiger partial charge in [0.25, 0.3) is 0 Å². The Bertz CT molecular complexity index is 595. The third kappa shape index (κ3) is 35.4. The fourth-order valence-corrected chi connectivity index (χ4v) is 2.65. The van der Waals surface area contributed by atoms with Gasteiger partial charge in [0.05, 0.1) is 13.1 Å². The molecule has 16 heteroatoms. The number of carboxylic acid groups (broad SMARTS) is 2. The summed E-state index contributed by atoms with van der Waals surface area (Å²) in [5.74, 6) is 8.04. The van der Waals surface area contributed by atoms with Gasteiger partial charge in [0.1, 0.15) is 0 Å². The Labute approximate surface area is 260 Å². The molecule has 0 spiro atoms. The van der Waals surface area contributed by atoms with Gasteiger partial charge in [0, 0.05) is 68.1 Å². The van der Waals surface area contributed by atoms with Crippen LogP contribution in [0.25, 0.3) is 0 Å². The number of carbonyl (C=O) groups excluding carboxylic acids is 2. The van der Waals surface area contributed by atoms with E-state index in [1.807, 2.05) is 11.8 Å². The maximum Gasteiger partial charge on any atom is 2.00 e. The van der Waals surface area contributed by atoms with Crippen molar-refractivity contribution in [2.45, 2.75) is 32.6 Å². The zero-order valence-corrected chi connectivity index (χ0v) is 27.2. The van der Waals surface area contributed by atoms with Gasteiger partial charge >= 0.3 is 29.0 Å². The molecule has 0 aromatic rings. The smallest absolute Gasteiger partial charge is 0.480 e. The normalized spacial score (nSPS) is 9.84. The number of carbonyl (C=O) groups is 4. The molecule has 0 saturated carbocycles. The van der Waals surface area contributed by atoms with Crippen LogP contribution >= 0.6 is 0 Å². The minimum Gasteiger partial charge on any atom is -0.480 e. The van der Waals surface area contributed by atoms with Crippen LogP contribution in [0.2, 0.25) is 0 Å². The first-order valence-electron chi connectivity index (χ1n) is 11.1. The molecule has 0 aromatic heterocycles. The largest absolute Gasteiger partial charge is 2.00 e. The molecule has 216 valence electrons. The van der Waals surface area contributed by atoms with Crippen LogP contribution in [0.4, 0.5) is 0 Å². The molecule has 0 unspecified atom stereocenters. The van der Waals surface area contributed by atoms with Gasteiger partial charge in [-0.3, -0.25) is 42.0 Å². The second-order valence-corrected chi connectivity index (χ2v) is 7.61. The van der Waals surface area contributed by atoms with Crippen LogP contribution in [0.3, 0.4) is 0 Å². The van der Waals surface area contributed by atoms with Crippen LogP contribution < -0.4 is 27.9 Å². The molecular formula is C21H46LaMnN8O6. The Morgan fingerprint density at radius 2 is 1.32 bits per heavy atom. The van der Waals surface area contributed by atoms with Gasteiger partial charge in [-0.05, 0) is 46.1 Å². The number of nitrogens with two attached hydrogens (primary N) is 2. The summed E-state index contributed by atoms with van der Waals surface area (Å²) in [6, 6.07) is 0. The first-order valence-corrected chi connectivity index (χ1v) is 11.1. The first kappa shape index (κ1) is 46.2. The van der Waals surface area contributed by atoms with Crippen molar-refractivity contribution in [1.29, 1.82) is 0 Å². The third-order valence-electron chi connectivity index (χ3n) is 4.54. The van der Waals surface area contributed by atoms with Crippen LogP contribution in [0.5, 0.6) is 0 Å². The number of nitrogens with zero attached hydrogens (tertiary/aromatic N) is 3. The second kappa shape index (κ2) is 31.6. The van der Waals surface area contributed by atoms with E-state index in [4.69, 9.17) is 21.9 Å². The summed E-state index contributed by atoms with van der Waals surface area (Å²) >= 11 is 0. The molecule has 0 aliphatic heterocycles. The standard InChI is InChI=1S/C16H34N7O4.C4H9NO2.CH3.La.Mn/c1-21(7-3-5-14(24)19-17)9-11-23(8-4-6-15(25)20-18)12-10-22(2)13-16(26)27;1-2-5-3-4(6)7;;;/h1,3-13,17-18H2,2H3,(H,19,24)(H,20,25)(H,26,27);5H,2-3H2,1H3,(H,6,7);1H3;;/q-1;;-1;;+2. The molecule has 2 radical (unpaired) electrons. The van der Waals surface area contributed by atoms with E-state index in [2.05, 4.69) is 28.1 Å². The van der Waals surface area contributed by atoms with E-state index in [9.17, 15) is 19.2 Å². The Kier molecular flexibility index (Phi) is 39.4. The number of hydrazine groups is 2. The molecule has 0 saturated heterocycles. The summed E-state index contributed by atoms with van der Waals surface area (Å²) in [5, 5.41) is 19.5. The van der Waals surface area contributed by atoms with Gasteiger partial charge in [0.15, 0.2) is 0 Å². The summed E-state index contributed by atoms with van der Waals surface area (Å²) in [6.07, 6.45) is 1.99. The summed E-state index contributed by atoms with van der Waals surface area (Å²) in [4.78, 5) is 48.6. The SMILES string of the molecule is CCNCC(=O)O.[CH2-]N(CCCC(=O)NN)CCN(CCCC(=O)NN)CCN(C)CC(=O)O.[CH3-].[La].[Mn+2]. The summed E-state index contributed by atoms with van der Waals surface area (Å²) in [5.41, 5.74) is 4.20. The van der Waals surface area contributed by atoms with Crippen LogP contribution in [0.1, 0.15) is 32.6 Å².